The van der Waals surface area contributed by atoms with Crippen molar-refractivity contribution in [2.24, 2.45) is 0 Å². The predicted octanol–water partition coefficient (Wildman–Crippen LogP) is 4.79. The number of nitrogens with one attached hydrogen (secondary N) is 1. The fourth-order valence-electron chi connectivity index (χ4n) is 3.58. The third-order valence-corrected chi connectivity index (χ3v) is 7.65. The van der Waals surface area contributed by atoms with E-state index in [0.29, 0.717) is 26.5 Å². The van der Waals surface area contributed by atoms with Crippen molar-refractivity contribution in [1.82, 2.24) is 5.32 Å². The van der Waals surface area contributed by atoms with Crippen molar-refractivity contribution in [2.75, 3.05) is 18.6 Å². The SMILES string of the molecule is CCOc1ccc(N2C(=O)NC(=O)/C(=C\c3cc(I)c(OS(=O)(=O)c4ccc(Cl)cc4)c(OC)c3)C2=O)cc1. The van der Waals surface area contributed by atoms with E-state index in [2.05, 4.69) is 5.32 Å². The Bertz CT molecular complexity index is 1590. The van der Waals surface area contributed by atoms with Gasteiger partial charge in [0.25, 0.3) is 11.8 Å². The van der Waals surface area contributed by atoms with Gasteiger partial charge in [-0.3, -0.25) is 14.9 Å². The quantitative estimate of drug-likeness (QED) is 0.156. The summed E-state index contributed by atoms with van der Waals surface area (Å²) in [6, 6.07) is 13.7. The first-order valence-corrected chi connectivity index (χ1v) is 14.1. The molecule has 4 rings (SSSR count). The number of urea groups is 1. The maximum absolute atomic E-state index is 13.2. The number of halogens is 2. The largest absolute Gasteiger partial charge is 0.494 e. The van der Waals surface area contributed by atoms with Crippen LogP contribution < -0.4 is 23.9 Å². The number of benzene rings is 3. The zero-order valence-corrected chi connectivity index (χ0v) is 24.2. The molecule has 0 unspecified atom stereocenters. The Kier molecular flexibility index (Phi) is 8.47. The third-order valence-electron chi connectivity index (χ3n) is 5.37. The maximum Gasteiger partial charge on any atom is 0.339 e. The molecule has 10 nitrogen and oxygen atoms in total. The van der Waals surface area contributed by atoms with Gasteiger partial charge in [0, 0.05) is 5.02 Å². The second kappa shape index (κ2) is 11.6. The molecule has 1 aliphatic heterocycles. The summed E-state index contributed by atoms with van der Waals surface area (Å²) in [5, 5.41) is 2.52. The van der Waals surface area contributed by atoms with Crippen molar-refractivity contribution in [1.29, 1.82) is 0 Å². The number of carbonyl (C=O) groups excluding carboxylic acids is 3. The fourth-order valence-corrected chi connectivity index (χ4v) is 5.55. The molecule has 4 amide bonds. The van der Waals surface area contributed by atoms with Crippen LogP contribution in [0.2, 0.25) is 5.02 Å². The summed E-state index contributed by atoms with van der Waals surface area (Å²) in [6.45, 7) is 2.27. The minimum atomic E-state index is -4.22. The molecule has 3 aromatic carbocycles. The average molecular weight is 683 g/mol. The second-order valence-electron chi connectivity index (χ2n) is 7.91. The molecule has 1 fully saturated rings. The molecule has 39 heavy (non-hydrogen) atoms. The van der Waals surface area contributed by atoms with Gasteiger partial charge in [-0.1, -0.05) is 11.6 Å². The Labute approximate surface area is 242 Å². The van der Waals surface area contributed by atoms with Crippen LogP contribution in [-0.2, 0) is 19.7 Å². The molecule has 1 heterocycles. The summed E-state index contributed by atoms with van der Waals surface area (Å²) < 4.78 is 42.0. The Morgan fingerprint density at radius 3 is 2.31 bits per heavy atom. The zero-order valence-electron chi connectivity index (χ0n) is 20.4. The molecule has 13 heteroatoms. The summed E-state index contributed by atoms with van der Waals surface area (Å²) in [5.74, 6) is -1.21. The molecular weight excluding hydrogens is 663 g/mol. The van der Waals surface area contributed by atoms with E-state index in [1.807, 2.05) is 29.5 Å². The molecular formula is C26H20ClIN2O8S. The molecule has 0 radical (unpaired) electrons. The molecule has 0 bridgehead atoms. The standard InChI is InChI=1S/C26H20ClIN2O8S/c1-3-37-18-8-6-17(7-9-18)30-25(32)20(24(31)29-26(30)33)12-15-13-21(28)23(22(14-15)36-2)38-39(34,35)19-10-4-16(27)5-11-19/h4-14H,3H2,1-2H3,(H,29,31,33)/b20-12+. The molecule has 0 saturated carbocycles. The molecule has 202 valence electrons. The van der Waals surface area contributed by atoms with Gasteiger partial charge in [0.15, 0.2) is 11.5 Å². The summed E-state index contributed by atoms with van der Waals surface area (Å²) in [6.07, 6.45) is 1.27. The lowest BCUT2D eigenvalue weighted by Crippen LogP contribution is -2.54. The van der Waals surface area contributed by atoms with E-state index in [1.165, 1.54) is 61.7 Å². The lowest BCUT2D eigenvalue weighted by molar-refractivity contribution is -0.122. The highest BCUT2D eigenvalue weighted by molar-refractivity contribution is 14.1. The summed E-state index contributed by atoms with van der Waals surface area (Å²) in [7, 11) is -2.91. The van der Waals surface area contributed by atoms with Crippen LogP contribution in [0.3, 0.4) is 0 Å². The number of rotatable bonds is 8. The predicted molar refractivity (Wildman–Crippen MR) is 152 cm³/mol. The number of hydrogen-bond acceptors (Lipinski definition) is 8. The molecule has 0 aliphatic carbocycles. The third kappa shape index (κ3) is 6.18. The second-order valence-corrected chi connectivity index (χ2v) is 11.1. The van der Waals surface area contributed by atoms with E-state index in [9.17, 15) is 22.8 Å². The number of anilines is 1. The Balaban J connectivity index is 1.67. The van der Waals surface area contributed by atoms with Crippen molar-refractivity contribution in [3.05, 3.63) is 80.4 Å². The van der Waals surface area contributed by atoms with Crippen LogP contribution in [0.5, 0.6) is 17.2 Å². The minimum absolute atomic E-state index is 0.0365. The first kappa shape index (κ1) is 28.4. The first-order valence-electron chi connectivity index (χ1n) is 11.3. The number of ether oxygens (including phenoxy) is 2. The molecule has 1 aliphatic rings. The molecule has 1 saturated heterocycles. The van der Waals surface area contributed by atoms with Gasteiger partial charge in [0.05, 0.1) is 23.0 Å². The van der Waals surface area contributed by atoms with Gasteiger partial charge in [-0.05, 0) is 102 Å². The highest BCUT2D eigenvalue weighted by Crippen LogP contribution is 2.37. The van der Waals surface area contributed by atoms with Crippen molar-refractivity contribution in [3.63, 3.8) is 0 Å². The van der Waals surface area contributed by atoms with Gasteiger partial charge in [0.2, 0.25) is 0 Å². The average Bonchev–Trinajstić information content (AvgIpc) is 2.89. The highest BCUT2D eigenvalue weighted by Gasteiger charge is 2.37. The normalized spacial score (nSPS) is 14.8. The topological polar surface area (TPSA) is 128 Å². The molecule has 0 spiro atoms. The van der Waals surface area contributed by atoms with Crippen molar-refractivity contribution >= 4 is 73.9 Å². The number of amides is 4. The summed E-state index contributed by atoms with van der Waals surface area (Å²) in [4.78, 5) is 39.1. The van der Waals surface area contributed by atoms with Crippen molar-refractivity contribution < 1.29 is 36.5 Å². The van der Waals surface area contributed by atoms with Gasteiger partial charge in [-0.15, -0.1) is 0 Å². The number of barbiturate groups is 1. The number of hydrogen-bond donors (Lipinski definition) is 1. The van der Waals surface area contributed by atoms with E-state index in [0.717, 1.165) is 4.90 Å². The van der Waals surface area contributed by atoms with E-state index in [1.54, 1.807) is 12.1 Å². The van der Waals surface area contributed by atoms with E-state index < -0.39 is 28.0 Å². The number of methoxy groups -OCH3 is 1. The summed E-state index contributed by atoms with van der Waals surface area (Å²) >= 11 is 7.69. The fraction of sp³-hybridized carbons (Fsp3) is 0.115. The minimum Gasteiger partial charge on any atom is -0.494 e. The molecule has 0 atom stereocenters. The van der Waals surface area contributed by atoms with Gasteiger partial charge < -0.3 is 13.7 Å². The van der Waals surface area contributed by atoms with Crippen LogP contribution in [0.15, 0.2) is 71.1 Å². The molecule has 0 aromatic heterocycles. The lowest BCUT2D eigenvalue weighted by atomic mass is 10.1. The smallest absolute Gasteiger partial charge is 0.339 e. The van der Waals surface area contributed by atoms with Crippen molar-refractivity contribution in [3.8, 4) is 17.2 Å². The highest BCUT2D eigenvalue weighted by atomic mass is 127. The van der Waals surface area contributed by atoms with E-state index in [-0.39, 0.29) is 27.7 Å². The Morgan fingerprint density at radius 2 is 1.69 bits per heavy atom. The van der Waals surface area contributed by atoms with Crippen LogP contribution in [0.25, 0.3) is 6.08 Å². The lowest BCUT2D eigenvalue weighted by Gasteiger charge is -2.26. The summed E-state index contributed by atoms with van der Waals surface area (Å²) in [5.41, 5.74) is 0.249. The monoisotopic (exact) mass is 682 g/mol. The molecule has 3 aromatic rings. The number of nitrogens with zero attached hydrogens (tertiary/aromatic N) is 1. The van der Waals surface area contributed by atoms with E-state index >= 15 is 0 Å². The molecule has 1 N–H and O–H groups in total. The Hall–Kier alpha value is -3.62. The van der Waals surface area contributed by atoms with Crippen LogP contribution >= 0.6 is 34.2 Å². The van der Waals surface area contributed by atoms with Gasteiger partial charge in [0.1, 0.15) is 16.2 Å². The maximum atomic E-state index is 13.2. The van der Waals surface area contributed by atoms with Crippen LogP contribution in [0.1, 0.15) is 12.5 Å². The van der Waals surface area contributed by atoms with Gasteiger partial charge >= 0.3 is 16.1 Å². The first-order chi connectivity index (χ1) is 18.5. The number of carbonyl (C=O) groups is 3. The zero-order chi connectivity index (χ0) is 28.3. The van der Waals surface area contributed by atoms with Crippen LogP contribution in [-0.4, -0.2) is 40.0 Å². The van der Waals surface area contributed by atoms with Gasteiger partial charge in [-0.2, -0.15) is 8.42 Å². The van der Waals surface area contributed by atoms with Gasteiger partial charge in [-0.25, -0.2) is 9.69 Å². The Morgan fingerprint density at radius 1 is 1.03 bits per heavy atom. The number of imide groups is 2. The van der Waals surface area contributed by atoms with Crippen molar-refractivity contribution in [2.45, 2.75) is 11.8 Å². The van der Waals surface area contributed by atoms with Crippen LogP contribution in [0, 0.1) is 3.57 Å². The van der Waals surface area contributed by atoms with Crippen LogP contribution in [0.4, 0.5) is 10.5 Å². The van der Waals surface area contributed by atoms with E-state index in [4.69, 9.17) is 25.3 Å².